The second-order valence-corrected chi connectivity index (χ2v) is 12.6. The lowest BCUT2D eigenvalue weighted by molar-refractivity contribution is 0.139. The van der Waals surface area contributed by atoms with Crippen LogP contribution < -0.4 is 14.9 Å². The molecule has 228 valence electrons. The summed E-state index contributed by atoms with van der Waals surface area (Å²) in [6.07, 6.45) is 5.72. The number of aromatic nitrogens is 1. The molecule has 2 amide bonds. The highest BCUT2D eigenvalue weighted by molar-refractivity contribution is 7.92. The number of carbonyl (C=O) groups is 1. The summed E-state index contributed by atoms with van der Waals surface area (Å²) in [5, 5.41) is 14.9. The number of anilines is 2. The number of aliphatic hydroxyl groups excluding tert-OH is 1. The van der Waals surface area contributed by atoms with E-state index in [0.717, 1.165) is 12.8 Å². The lowest BCUT2D eigenvalue weighted by Crippen LogP contribution is -2.36. The molecule has 1 aliphatic rings. The van der Waals surface area contributed by atoms with E-state index in [1.54, 1.807) is 54.3 Å². The van der Waals surface area contributed by atoms with Crippen LogP contribution in [0.4, 0.5) is 16.2 Å². The third-order valence-corrected chi connectivity index (χ3v) is 9.49. The Morgan fingerprint density at radius 1 is 1.05 bits per heavy atom. The van der Waals surface area contributed by atoms with Gasteiger partial charge in [-0.15, -0.1) is 0 Å². The van der Waals surface area contributed by atoms with Crippen molar-refractivity contribution < 1.29 is 22.8 Å². The van der Waals surface area contributed by atoms with Gasteiger partial charge in [0, 0.05) is 50.9 Å². The summed E-state index contributed by atoms with van der Waals surface area (Å²) in [5.74, 6) is 0.241. The third kappa shape index (κ3) is 7.50. The number of aliphatic hydroxyl groups is 1. The monoisotopic (exact) mass is 597 g/mol. The summed E-state index contributed by atoms with van der Waals surface area (Å²) < 4.78 is 34.7. The van der Waals surface area contributed by atoms with Gasteiger partial charge >= 0.3 is 6.03 Å². The zero-order valence-electron chi connectivity index (χ0n) is 24.6. The van der Waals surface area contributed by atoms with Crippen molar-refractivity contribution in [3.8, 4) is 0 Å². The molecule has 0 saturated carbocycles. The fourth-order valence-electron chi connectivity index (χ4n) is 5.33. The first kappa shape index (κ1) is 31.5. The average Bonchev–Trinajstić information content (AvgIpc) is 3.59. The number of nitrogens with two attached hydrogens (primary N) is 1. The lowest BCUT2D eigenvalue weighted by atomic mass is 10.0. The molecule has 11 heteroatoms. The topological polar surface area (TPSA) is 133 Å². The first-order valence-corrected chi connectivity index (χ1v) is 16.3. The molecule has 1 fully saturated rings. The van der Waals surface area contributed by atoms with Crippen LogP contribution >= 0.6 is 0 Å². The van der Waals surface area contributed by atoms with Crippen molar-refractivity contribution in [1.82, 2.24) is 10.1 Å². The van der Waals surface area contributed by atoms with E-state index >= 15 is 0 Å². The van der Waals surface area contributed by atoms with Gasteiger partial charge in [0.1, 0.15) is 6.10 Å². The number of aryl methyl sites for hydroxylation is 1. The van der Waals surface area contributed by atoms with E-state index < -0.39 is 16.1 Å². The first-order chi connectivity index (χ1) is 20.3. The average molecular weight is 598 g/mol. The Kier molecular flexibility index (Phi) is 11.0. The molecule has 4 rings (SSSR count). The number of carbonyl (C=O) groups excluding carboxylic acids is 1. The number of amides is 2. The van der Waals surface area contributed by atoms with E-state index in [2.05, 4.69) is 12.1 Å². The minimum Gasteiger partial charge on any atom is -0.385 e. The smallest absolute Gasteiger partial charge is 0.324 e. The number of unbranched alkanes of at least 4 members (excludes halogenated alkanes) is 5. The molecule has 0 aliphatic carbocycles. The Balaban J connectivity index is 1.62. The largest absolute Gasteiger partial charge is 0.385 e. The van der Waals surface area contributed by atoms with Gasteiger partial charge < -0.3 is 20.3 Å². The van der Waals surface area contributed by atoms with Crippen molar-refractivity contribution >= 4 is 27.4 Å². The van der Waals surface area contributed by atoms with Crippen LogP contribution in [0.1, 0.15) is 68.6 Å². The maximum atomic E-state index is 14.1. The van der Waals surface area contributed by atoms with E-state index in [1.165, 1.54) is 36.1 Å². The standard InChI is InChI=1S/C31H43N5O5S/c1-3-4-5-6-7-11-17-34-19-20-35(31(34)38)27-14-15-30(25(22-27)23-28(37)29-21-24(2)33-41-29)42(39,40)36(18-16-32)26-12-9-8-10-13-26/h8-10,12-15,21-22,28,37H,3-7,11,16-20,23,32H2,1-2H3. The van der Waals surface area contributed by atoms with E-state index in [1.807, 2.05) is 11.0 Å². The van der Waals surface area contributed by atoms with Crippen LogP contribution in [-0.2, 0) is 16.4 Å². The van der Waals surface area contributed by atoms with Crippen LogP contribution in [0, 0.1) is 6.92 Å². The van der Waals surface area contributed by atoms with Gasteiger partial charge in [0.15, 0.2) is 5.76 Å². The molecule has 2 aromatic carbocycles. The predicted octanol–water partition coefficient (Wildman–Crippen LogP) is 5.02. The van der Waals surface area contributed by atoms with E-state index in [-0.39, 0.29) is 36.2 Å². The van der Waals surface area contributed by atoms with Gasteiger partial charge in [0.05, 0.1) is 16.3 Å². The molecular weight excluding hydrogens is 554 g/mol. The number of sulfonamides is 1. The van der Waals surface area contributed by atoms with Crippen molar-refractivity contribution in [1.29, 1.82) is 0 Å². The Morgan fingerprint density at radius 3 is 2.48 bits per heavy atom. The summed E-state index contributed by atoms with van der Waals surface area (Å²) in [7, 11) is -4.07. The zero-order chi connectivity index (χ0) is 30.1. The molecule has 3 aromatic rings. The van der Waals surface area contributed by atoms with Gasteiger partial charge in [0.2, 0.25) is 0 Å². The van der Waals surface area contributed by atoms with Crippen molar-refractivity contribution in [3.05, 3.63) is 71.6 Å². The minimum atomic E-state index is -4.07. The minimum absolute atomic E-state index is 0.0365. The van der Waals surface area contributed by atoms with Crippen LogP contribution in [-0.4, -0.2) is 62.3 Å². The molecule has 3 N–H and O–H groups in total. The van der Waals surface area contributed by atoms with Crippen LogP contribution in [0.3, 0.4) is 0 Å². The Labute approximate surface area is 249 Å². The van der Waals surface area contributed by atoms with Crippen LogP contribution in [0.15, 0.2) is 64.0 Å². The molecule has 1 saturated heterocycles. The maximum absolute atomic E-state index is 14.1. The Morgan fingerprint density at radius 2 is 1.79 bits per heavy atom. The van der Waals surface area contributed by atoms with Crippen LogP contribution in [0.25, 0.3) is 0 Å². The molecule has 1 atom stereocenters. The molecule has 42 heavy (non-hydrogen) atoms. The Hall–Kier alpha value is -3.41. The van der Waals surface area contributed by atoms with E-state index in [4.69, 9.17) is 10.3 Å². The zero-order valence-corrected chi connectivity index (χ0v) is 25.4. The molecule has 1 aliphatic heterocycles. The van der Waals surface area contributed by atoms with Gasteiger partial charge in [0.25, 0.3) is 10.0 Å². The number of benzene rings is 2. The lowest BCUT2D eigenvalue weighted by Gasteiger charge is -2.26. The van der Waals surface area contributed by atoms with Crippen molar-refractivity contribution in [3.63, 3.8) is 0 Å². The summed E-state index contributed by atoms with van der Waals surface area (Å²) in [6.45, 7) is 5.97. The van der Waals surface area contributed by atoms with Crippen LogP contribution in [0.2, 0.25) is 0 Å². The molecule has 1 unspecified atom stereocenters. The quantitative estimate of drug-likeness (QED) is 0.222. The summed E-state index contributed by atoms with van der Waals surface area (Å²) >= 11 is 0. The molecule has 10 nitrogen and oxygen atoms in total. The van der Waals surface area contributed by atoms with Crippen molar-refractivity contribution in [2.45, 2.75) is 69.8 Å². The van der Waals surface area contributed by atoms with Gasteiger partial charge in [-0.2, -0.15) is 0 Å². The van der Waals surface area contributed by atoms with Gasteiger partial charge in [-0.25, -0.2) is 13.2 Å². The van der Waals surface area contributed by atoms with E-state index in [0.29, 0.717) is 42.3 Å². The van der Waals surface area contributed by atoms with Gasteiger partial charge in [-0.05, 0) is 49.2 Å². The highest BCUT2D eigenvalue weighted by atomic mass is 32.2. The fourth-order valence-corrected chi connectivity index (χ4v) is 7.02. The molecule has 2 heterocycles. The normalized spacial score (nSPS) is 14.5. The number of nitrogens with zero attached hydrogens (tertiary/aromatic N) is 4. The van der Waals surface area contributed by atoms with Crippen LogP contribution in [0.5, 0.6) is 0 Å². The number of rotatable bonds is 16. The highest BCUT2D eigenvalue weighted by Crippen LogP contribution is 2.33. The maximum Gasteiger partial charge on any atom is 0.324 e. The molecule has 0 spiro atoms. The molecule has 0 radical (unpaired) electrons. The first-order valence-electron chi connectivity index (χ1n) is 14.8. The molecule has 0 bridgehead atoms. The highest BCUT2D eigenvalue weighted by Gasteiger charge is 2.32. The fraction of sp³-hybridized carbons (Fsp3) is 0.484. The van der Waals surface area contributed by atoms with Crippen molar-refractivity contribution in [2.24, 2.45) is 5.73 Å². The second-order valence-electron chi connectivity index (χ2n) is 10.8. The predicted molar refractivity (Wildman–Crippen MR) is 164 cm³/mol. The molecular formula is C31H43N5O5S. The van der Waals surface area contributed by atoms with E-state index in [9.17, 15) is 18.3 Å². The van der Waals surface area contributed by atoms with Gasteiger partial charge in [-0.1, -0.05) is 62.4 Å². The number of hydrogen-bond donors (Lipinski definition) is 2. The number of hydrogen-bond acceptors (Lipinski definition) is 7. The summed E-state index contributed by atoms with van der Waals surface area (Å²) in [6, 6.07) is 15.2. The number of para-hydroxylation sites is 1. The summed E-state index contributed by atoms with van der Waals surface area (Å²) in [5.41, 5.74) is 7.88. The summed E-state index contributed by atoms with van der Waals surface area (Å²) in [4.78, 5) is 16.9. The third-order valence-electron chi connectivity index (χ3n) is 7.56. The van der Waals surface area contributed by atoms with Gasteiger partial charge in [-0.3, -0.25) is 9.21 Å². The second kappa shape index (κ2) is 14.7. The Bertz CT molecular complexity index is 1410. The number of urea groups is 1. The molecule has 1 aromatic heterocycles. The SMILES string of the molecule is CCCCCCCCN1CCN(c2ccc(S(=O)(=O)N(CCN)c3ccccc3)c(CC(O)c3cc(C)no3)c2)C1=O. The van der Waals surface area contributed by atoms with Crippen molar-refractivity contribution in [2.75, 3.05) is 41.9 Å².